The molecule has 0 aliphatic carbocycles. The molecule has 3 heterocycles. The lowest BCUT2D eigenvalue weighted by Gasteiger charge is -2.32. The summed E-state index contributed by atoms with van der Waals surface area (Å²) in [6.07, 6.45) is 3.94. The molecular weight excluding hydrogens is 400 g/mol. The molecule has 0 N–H and O–H groups in total. The fourth-order valence-corrected chi connectivity index (χ4v) is 4.04. The van der Waals surface area contributed by atoms with Gasteiger partial charge in [0.05, 0.1) is 10.7 Å². The maximum atomic E-state index is 12.7. The molecule has 0 unspecified atom stereocenters. The van der Waals surface area contributed by atoms with Crippen LogP contribution in [0.4, 0.5) is 0 Å². The van der Waals surface area contributed by atoms with Crippen molar-refractivity contribution in [3.63, 3.8) is 0 Å². The Hall–Kier alpha value is -2.57. The van der Waals surface area contributed by atoms with E-state index in [4.69, 9.17) is 16.3 Å². The van der Waals surface area contributed by atoms with Crippen LogP contribution in [0.3, 0.4) is 0 Å². The van der Waals surface area contributed by atoms with Gasteiger partial charge in [-0.15, -0.1) is 0 Å². The molecule has 1 fully saturated rings. The normalized spacial score (nSPS) is 15.5. The first-order chi connectivity index (χ1) is 14.4. The Kier molecular flexibility index (Phi) is 5.97. The zero-order valence-corrected chi connectivity index (χ0v) is 18.4. The second-order valence-electron chi connectivity index (χ2n) is 8.09. The van der Waals surface area contributed by atoms with Crippen LogP contribution in [0, 0.1) is 6.92 Å². The van der Waals surface area contributed by atoms with Crippen molar-refractivity contribution in [3.8, 4) is 5.75 Å². The van der Waals surface area contributed by atoms with Crippen LogP contribution in [-0.2, 0) is 6.54 Å². The van der Waals surface area contributed by atoms with E-state index in [0.717, 1.165) is 43.0 Å². The van der Waals surface area contributed by atoms with Crippen molar-refractivity contribution in [3.05, 3.63) is 64.6 Å². The van der Waals surface area contributed by atoms with Gasteiger partial charge in [-0.1, -0.05) is 23.7 Å². The van der Waals surface area contributed by atoms with Crippen LogP contribution >= 0.6 is 11.6 Å². The Morgan fingerprint density at radius 1 is 1.23 bits per heavy atom. The molecule has 0 saturated carbocycles. The van der Waals surface area contributed by atoms with Crippen LogP contribution in [0.2, 0.25) is 5.02 Å². The molecule has 6 nitrogen and oxygen atoms in total. The number of halogens is 1. The van der Waals surface area contributed by atoms with Gasteiger partial charge in [0.25, 0.3) is 5.91 Å². The highest BCUT2D eigenvalue weighted by Crippen LogP contribution is 2.23. The van der Waals surface area contributed by atoms with E-state index >= 15 is 0 Å². The van der Waals surface area contributed by atoms with Crippen molar-refractivity contribution >= 4 is 23.2 Å². The maximum Gasteiger partial charge on any atom is 0.273 e. The Labute approximate surface area is 182 Å². The number of aryl methyl sites for hydroxylation is 1. The summed E-state index contributed by atoms with van der Waals surface area (Å²) in [4.78, 5) is 21.2. The summed E-state index contributed by atoms with van der Waals surface area (Å²) >= 11 is 6.22. The van der Waals surface area contributed by atoms with E-state index in [9.17, 15) is 4.79 Å². The van der Waals surface area contributed by atoms with Gasteiger partial charge in [-0.2, -0.15) is 0 Å². The van der Waals surface area contributed by atoms with E-state index in [1.165, 1.54) is 5.56 Å². The lowest BCUT2D eigenvalue weighted by atomic mass is 10.1. The molecule has 3 aromatic rings. The standard InChI is InChI=1S/C23H27ClN4O2/c1-16-5-4-6-19(13-16)30-18-9-11-27(12-10-18)15-20-22(23(29)26(2)3)25-21-8-7-17(24)14-28(20)21/h4-8,13-14,18H,9-12,15H2,1-3H3. The fourth-order valence-electron chi connectivity index (χ4n) is 3.88. The third-order valence-corrected chi connectivity index (χ3v) is 5.71. The molecule has 7 heteroatoms. The second kappa shape index (κ2) is 8.66. The van der Waals surface area contributed by atoms with Gasteiger partial charge in [-0.3, -0.25) is 9.69 Å². The molecule has 0 radical (unpaired) electrons. The highest BCUT2D eigenvalue weighted by molar-refractivity contribution is 6.30. The fraction of sp³-hybridized carbons (Fsp3) is 0.391. The highest BCUT2D eigenvalue weighted by atomic mass is 35.5. The number of piperidine rings is 1. The second-order valence-corrected chi connectivity index (χ2v) is 8.53. The maximum absolute atomic E-state index is 12.7. The van der Waals surface area contributed by atoms with Gasteiger partial charge < -0.3 is 14.0 Å². The van der Waals surface area contributed by atoms with E-state index in [-0.39, 0.29) is 12.0 Å². The summed E-state index contributed by atoms with van der Waals surface area (Å²) in [5, 5.41) is 0.621. The number of hydrogen-bond donors (Lipinski definition) is 0. The minimum atomic E-state index is -0.0949. The lowest BCUT2D eigenvalue weighted by molar-refractivity contribution is 0.0812. The van der Waals surface area contributed by atoms with E-state index in [0.29, 0.717) is 17.3 Å². The largest absolute Gasteiger partial charge is 0.490 e. The number of pyridine rings is 1. The van der Waals surface area contributed by atoms with Crippen LogP contribution in [0.5, 0.6) is 5.75 Å². The number of likely N-dealkylation sites (tertiary alicyclic amines) is 1. The molecule has 1 aromatic carbocycles. The first-order valence-corrected chi connectivity index (χ1v) is 10.6. The third kappa shape index (κ3) is 4.45. The number of fused-ring (bicyclic) bond motifs is 1. The van der Waals surface area contributed by atoms with E-state index in [1.807, 2.05) is 28.8 Å². The summed E-state index contributed by atoms with van der Waals surface area (Å²) in [5.74, 6) is 0.839. The lowest BCUT2D eigenvalue weighted by Crippen LogP contribution is -2.38. The van der Waals surface area contributed by atoms with Gasteiger partial charge in [-0.25, -0.2) is 4.98 Å². The first kappa shape index (κ1) is 20.7. The van der Waals surface area contributed by atoms with Gasteiger partial charge in [0, 0.05) is 39.9 Å². The van der Waals surface area contributed by atoms with Crippen LogP contribution in [0.25, 0.3) is 5.65 Å². The smallest absolute Gasteiger partial charge is 0.273 e. The number of hydrogen-bond acceptors (Lipinski definition) is 4. The minimum absolute atomic E-state index is 0.0949. The van der Waals surface area contributed by atoms with Crippen LogP contribution < -0.4 is 4.74 Å². The van der Waals surface area contributed by atoms with Crippen molar-refractivity contribution < 1.29 is 9.53 Å². The Morgan fingerprint density at radius 3 is 2.70 bits per heavy atom. The average molecular weight is 427 g/mol. The van der Waals surface area contributed by atoms with Gasteiger partial charge in [-0.05, 0) is 49.6 Å². The van der Waals surface area contributed by atoms with Gasteiger partial charge >= 0.3 is 0 Å². The average Bonchev–Trinajstić information content (AvgIpc) is 3.06. The van der Waals surface area contributed by atoms with Crippen LogP contribution in [-0.4, -0.2) is 58.4 Å². The van der Waals surface area contributed by atoms with E-state index in [2.05, 4.69) is 28.9 Å². The number of rotatable bonds is 5. The number of amides is 1. The number of aromatic nitrogens is 2. The zero-order valence-electron chi connectivity index (χ0n) is 17.6. The van der Waals surface area contributed by atoms with Crippen LogP contribution in [0.15, 0.2) is 42.6 Å². The quantitative estimate of drug-likeness (QED) is 0.617. The predicted octanol–water partition coefficient (Wildman–Crippen LogP) is 4.04. The number of benzene rings is 1. The first-order valence-electron chi connectivity index (χ1n) is 10.2. The molecule has 1 saturated heterocycles. The molecular formula is C23H27ClN4O2. The van der Waals surface area contributed by atoms with Crippen molar-refractivity contribution in [2.24, 2.45) is 0 Å². The molecule has 1 amide bonds. The minimum Gasteiger partial charge on any atom is -0.490 e. The monoisotopic (exact) mass is 426 g/mol. The molecule has 158 valence electrons. The number of imidazole rings is 1. The molecule has 0 atom stereocenters. The summed E-state index contributed by atoms with van der Waals surface area (Å²) < 4.78 is 8.12. The Morgan fingerprint density at radius 2 is 2.00 bits per heavy atom. The summed E-state index contributed by atoms with van der Waals surface area (Å²) in [7, 11) is 3.49. The number of carbonyl (C=O) groups excluding carboxylic acids is 1. The number of carbonyl (C=O) groups is 1. The highest BCUT2D eigenvalue weighted by Gasteiger charge is 2.26. The predicted molar refractivity (Wildman–Crippen MR) is 118 cm³/mol. The van der Waals surface area contributed by atoms with Crippen molar-refractivity contribution in [1.82, 2.24) is 19.2 Å². The summed E-state index contributed by atoms with van der Waals surface area (Å²) in [5.41, 5.74) is 3.30. The van der Waals surface area contributed by atoms with Crippen molar-refractivity contribution in [2.45, 2.75) is 32.4 Å². The van der Waals surface area contributed by atoms with E-state index < -0.39 is 0 Å². The topological polar surface area (TPSA) is 50.1 Å². The van der Waals surface area contributed by atoms with E-state index in [1.54, 1.807) is 25.1 Å². The molecule has 0 bridgehead atoms. The molecule has 4 rings (SSSR count). The molecule has 2 aromatic heterocycles. The Bertz CT molecular complexity index is 1050. The number of ether oxygens (including phenoxy) is 1. The molecule has 0 spiro atoms. The summed E-state index contributed by atoms with van der Waals surface area (Å²) in [6.45, 7) is 4.53. The molecule has 1 aliphatic rings. The van der Waals surface area contributed by atoms with Crippen LogP contribution in [0.1, 0.15) is 34.6 Å². The van der Waals surface area contributed by atoms with Crippen molar-refractivity contribution in [1.29, 1.82) is 0 Å². The molecule has 30 heavy (non-hydrogen) atoms. The van der Waals surface area contributed by atoms with Gasteiger partial charge in [0.15, 0.2) is 5.69 Å². The SMILES string of the molecule is Cc1cccc(OC2CCN(Cc3c(C(=O)N(C)C)nc4ccc(Cl)cn34)CC2)c1. The zero-order chi connectivity index (χ0) is 21.3. The number of nitrogens with zero attached hydrogens (tertiary/aromatic N) is 4. The van der Waals surface area contributed by atoms with Gasteiger partial charge in [0.2, 0.25) is 0 Å². The molecule has 1 aliphatic heterocycles. The van der Waals surface area contributed by atoms with Gasteiger partial charge in [0.1, 0.15) is 17.5 Å². The van der Waals surface area contributed by atoms with Crippen molar-refractivity contribution in [2.75, 3.05) is 27.2 Å². The third-order valence-electron chi connectivity index (χ3n) is 5.49. The summed E-state index contributed by atoms with van der Waals surface area (Å²) in [6, 6.07) is 11.8. The Balaban J connectivity index is 1.49.